The zero-order valence-corrected chi connectivity index (χ0v) is 15.7. The molecule has 140 valence electrons. The maximum absolute atomic E-state index is 12.6. The van der Waals surface area contributed by atoms with E-state index in [1.807, 2.05) is 36.4 Å². The minimum absolute atomic E-state index is 0.226. The van der Waals surface area contributed by atoms with Crippen LogP contribution in [-0.4, -0.2) is 25.1 Å². The summed E-state index contributed by atoms with van der Waals surface area (Å²) in [5.74, 6) is 0.910. The van der Waals surface area contributed by atoms with Crippen LogP contribution in [0.1, 0.15) is 10.4 Å². The van der Waals surface area contributed by atoms with Crippen molar-refractivity contribution >= 4 is 22.5 Å². The van der Waals surface area contributed by atoms with E-state index in [0.29, 0.717) is 22.7 Å². The summed E-state index contributed by atoms with van der Waals surface area (Å²) in [5, 5.41) is 4.07. The lowest BCUT2D eigenvalue weighted by molar-refractivity contribution is 0.102. The number of aromatic amines is 1. The molecule has 4 rings (SSSR count). The van der Waals surface area contributed by atoms with Crippen molar-refractivity contribution < 1.29 is 14.3 Å². The Labute approximate surface area is 162 Å². The molecule has 0 spiro atoms. The Bertz CT molecular complexity index is 1080. The molecule has 5 nitrogen and oxygen atoms in total. The molecule has 0 aliphatic carbocycles. The molecule has 0 fully saturated rings. The largest absolute Gasteiger partial charge is 0.497 e. The predicted octanol–water partition coefficient (Wildman–Crippen LogP) is 5.10. The predicted molar refractivity (Wildman–Crippen MR) is 111 cm³/mol. The highest BCUT2D eigenvalue weighted by molar-refractivity contribution is 6.05. The van der Waals surface area contributed by atoms with Crippen LogP contribution in [0.15, 0.2) is 72.8 Å². The van der Waals surface area contributed by atoms with E-state index in [4.69, 9.17) is 9.47 Å². The summed E-state index contributed by atoms with van der Waals surface area (Å²) >= 11 is 0. The van der Waals surface area contributed by atoms with Crippen LogP contribution in [0.25, 0.3) is 22.2 Å². The number of hydrogen-bond acceptors (Lipinski definition) is 3. The summed E-state index contributed by atoms with van der Waals surface area (Å²) in [4.78, 5) is 16.0. The molecule has 2 N–H and O–H groups in total. The Hall–Kier alpha value is -3.73. The van der Waals surface area contributed by atoms with Gasteiger partial charge in [-0.05, 0) is 42.0 Å². The molecule has 0 saturated heterocycles. The third-order valence-corrected chi connectivity index (χ3v) is 4.60. The van der Waals surface area contributed by atoms with Crippen LogP contribution >= 0.6 is 0 Å². The fourth-order valence-electron chi connectivity index (χ4n) is 3.10. The number of nitrogens with one attached hydrogen (secondary N) is 2. The second-order valence-electron chi connectivity index (χ2n) is 6.40. The Balaban J connectivity index is 1.53. The molecule has 4 aromatic rings. The first-order valence-electron chi connectivity index (χ1n) is 8.89. The fraction of sp³-hybridized carbons (Fsp3) is 0.0870. The van der Waals surface area contributed by atoms with Gasteiger partial charge in [0.25, 0.3) is 5.91 Å². The number of anilines is 1. The van der Waals surface area contributed by atoms with Gasteiger partial charge in [-0.15, -0.1) is 0 Å². The topological polar surface area (TPSA) is 63.4 Å². The van der Waals surface area contributed by atoms with Gasteiger partial charge < -0.3 is 19.8 Å². The molecule has 1 heterocycles. The molecule has 5 heteroatoms. The molecule has 0 radical (unpaired) electrons. The van der Waals surface area contributed by atoms with Crippen molar-refractivity contribution in [2.45, 2.75) is 0 Å². The number of H-pyrrole nitrogens is 1. The van der Waals surface area contributed by atoms with Gasteiger partial charge in [-0.2, -0.15) is 0 Å². The van der Waals surface area contributed by atoms with Crippen LogP contribution in [0.5, 0.6) is 11.5 Å². The lowest BCUT2D eigenvalue weighted by Crippen LogP contribution is -2.12. The van der Waals surface area contributed by atoms with E-state index in [0.717, 1.165) is 16.8 Å². The lowest BCUT2D eigenvalue weighted by atomic mass is 10.1. The van der Waals surface area contributed by atoms with Crippen molar-refractivity contribution in [2.24, 2.45) is 0 Å². The van der Waals surface area contributed by atoms with E-state index < -0.39 is 0 Å². The number of benzene rings is 3. The molecule has 3 aromatic carbocycles. The van der Waals surface area contributed by atoms with Gasteiger partial charge in [0.2, 0.25) is 0 Å². The smallest absolute Gasteiger partial charge is 0.255 e. The third kappa shape index (κ3) is 3.55. The zero-order chi connectivity index (χ0) is 19.5. The second kappa shape index (κ2) is 7.48. The first-order valence-corrected chi connectivity index (χ1v) is 8.89. The van der Waals surface area contributed by atoms with Gasteiger partial charge in [-0.3, -0.25) is 4.79 Å². The van der Waals surface area contributed by atoms with Gasteiger partial charge in [-0.1, -0.05) is 30.3 Å². The molecule has 0 aliphatic heterocycles. The molecule has 28 heavy (non-hydrogen) atoms. The fourth-order valence-corrected chi connectivity index (χ4v) is 3.10. The number of carbonyl (C=O) groups excluding carboxylic acids is 1. The Morgan fingerprint density at radius 3 is 2.18 bits per heavy atom. The van der Waals surface area contributed by atoms with Crippen molar-refractivity contribution in [3.8, 4) is 22.8 Å². The number of ether oxygens (including phenoxy) is 2. The van der Waals surface area contributed by atoms with Crippen molar-refractivity contribution in [3.63, 3.8) is 0 Å². The van der Waals surface area contributed by atoms with Crippen LogP contribution in [0.3, 0.4) is 0 Å². The van der Waals surface area contributed by atoms with E-state index in [9.17, 15) is 4.79 Å². The summed E-state index contributed by atoms with van der Waals surface area (Å²) in [7, 11) is 3.11. The van der Waals surface area contributed by atoms with Gasteiger partial charge in [0.05, 0.1) is 14.2 Å². The van der Waals surface area contributed by atoms with E-state index in [1.54, 1.807) is 32.4 Å². The molecular weight excluding hydrogens is 352 g/mol. The van der Waals surface area contributed by atoms with Gasteiger partial charge in [0.1, 0.15) is 11.5 Å². The van der Waals surface area contributed by atoms with Crippen molar-refractivity contribution in [3.05, 3.63) is 78.4 Å². The van der Waals surface area contributed by atoms with Crippen LogP contribution in [0, 0.1) is 0 Å². The van der Waals surface area contributed by atoms with Crippen LogP contribution in [-0.2, 0) is 0 Å². The summed E-state index contributed by atoms with van der Waals surface area (Å²) < 4.78 is 10.4. The normalized spacial score (nSPS) is 10.6. The molecule has 0 atom stereocenters. The molecule has 1 amide bonds. The van der Waals surface area contributed by atoms with E-state index in [2.05, 4.69) is 28.5 Å². The van der Waals surface area contributed by atoms with E-state index in [-0.39, 0.29) is 5.91 Å². The second-order valence-corrected chi connectivity index (χ2v) is 6.40. The highest BCUT2D eigenvalue weighted by atomic mass is 16.5. The average Bonchev–Trinajstić information content (AvgIpc) is 3.18. The summed E-state index contributed by atoms with van der Waals surface area (Å²) in [6, 6.07) is 23.1. The number of fused-ring (bicyclic) bond motifs is 1. The third-order valence-electron chi connectivity index (χ3n) is 4.60. The number of aromatic nitrogens is 1. The number of rotatable bonds is 5. The molecule has 0 unspecified atom stereocenters. The summed E-state index contributed by atoms with van der Waals surface area (Å²) in [6.07, 6.45) is 0. The maximum Gasteiger partial charge on any atom is 0.255 e. The molecule has 0 saturated carbocycles. The van der Waals surface area contributed by atoms with Gasteiger partial charge in [0, 0.05) is 33.9 Å². The van der Waals surface area contributed by atoms with Crippen LogP contribution < -0.4 is 14.8 Å². The Morgan fingerprint density at radius 2 is 1.54 bits per heavy atom. The first kappa shape index (κ1) is 17.7. The molecular formula is C23H20N2O3. The van der Waals surface area contributed by atoms with Gasteiger partial charge in [-0.25, -0.2) is 0 Å². The lowest BCUT2D eigenvalue weighted by Gasteiger charge is -2.09. The highest BCUT2D eigenvalue weighted by Crippen LogP contribution is 2.26. The monoisotopic (exact) mass is 372 g/mol. The Kier molecular flexibility index (Phi) is 4.72. The maximum atomic E-state index is 12.6. The van der Waals surface area contributed by atoms with Crippen LogP contribution in [0.4, 0.5) is 5.69 Å². The van der Waals surface area contributed by atoms with E-state index >= 15 is 0 Å². The van der Waals surface area contributed by atoms with Gasteiger partial charge >= 0.3 is 0 Å². The van der Waals surface area contributed by atoms with Crippen molar-refractivity contribution in [2.75, 3.05) is 19.5 Å². The number of carbonyl (C=O) groups is 1. The first-order chi connectivity index (χ1) is 13.7. The minimum atomic E-state index is -0.226. The minimum Gasteiger partial charge on any atom is -0.497 e. The SMILES string of the molecule is COc1cc(OC)cc(C(=O)Nc2ccc(-c3cc4ccccc4[nH]3)cc2)c1. The van der Waals surface area contributed by atoms with Crippen LogP contribution in [0.2, 0.25) is 0 Å². The van der Waals surface area contributed by atoms with E-state index in [1.165, 1.54) is 5.39 Å². The molecule has 0 aliphatic rings. The number of hydrogen-bond donors (Lipinski definition) is 2. The quantitative estimate of drug-likeness (QED) is 0.512. The zero-order valence-electron chi connectivity index (χ0n) is 15.7. The molecule has 1 aromatic heterocycles. The number of para-hydroxylation sites is 1. The van der Waals surface area contributed by atoms with Crippen molar-refractivity contribution in [1.29, 1.82) is 0 Å². The average molecular weight is 372 g/mol. The Morgan fingerprint density at radius 1 is 0.857 bits per heavy atom. The summed E-state index contributed by atoms with van der Waals surface area (Å²) in [5.41, 5.74) is 4.37. The highest BCUT2D eigenvalue weighted by Gasteiger charge is 2.11. The van der Waals surface area contributed by atoms with Crippen molar-refractivity contribution in [1.82, 2.24) is 4.98 Å². The van der Waals surface area contributed by atoms with Gasteiger partial charge in [0.15, 0.2) is 0 Å². The summed E-state index contributed by atoms with van der Waals surface area (Å²) in [6.45, 7) is 0. The number of amides is 1. The molecule has 0 bridgehead atoms. The standard InChI is InChI=1S/C23H20N2O3/c1-27-19-11-17(12-20(14-19)28-2)23(26)24-18-9-7-15(8-10-18)22-13-16-5-3-4-6-21(16)25-22/h3-14,25H,1-2H3,(H,24,26). The number of methoxy groups -OCH3 is 2.